The van der Waals surface area contributed by atoms with Crippen molar-refractivity contribution >= 4 is 34.2 Å². The topological polar surface area (TPSA) is 69.1 Å². The van der Waals surface area contributed by atoms with Gasteiger partial charge in [-0.15, -0.1) is 0 Å². The molecule has 0 spiro atoms. The van der Waals surface area contributed by atoms with Crippen LogP contribution in [0.25, 0.3) is 10.4 Å². The van der Waals surface area contributed by atoms with E-state index in [1.165, 1.54) is 0 Å². The summed E-state index contributed by atoms with van der Waals surface area (Å²) in [5.74, 6) is 0.238. The third-order valence-electron chi connectivity index (χ3n) is 2.75. The van der Waals surface area contributed by atoms with Gasteiger partial charge < -0.3 is 4.90 Å². The Kier molecular flexibility index (Phi) is 3.86. The van der Waals surface area contributed by atoms with Crippen LogP contribution in [0, 0.1) is 9.49 Å². The summed E-state index contributed by atoms with van der Waals surface area (Å²) in [4.78, 5) is 16.4. The van der Waals surface area contributed by atoms with E-state index in [0.717, 1.165) is 9.26 Å². The molecule has 1 aromatic rings. The fourth-order valence-electron chi connectivity index (χ4n) is 1.96. The van der Waals surface area contributed by atoms with Gasteiger partial charge in [0.25, 0.3) is 0 Å². The number of halogens is 1. The van der Waals surface area contributed by atoms with Crippen LogP contribution in [0.1, 0.15) is 6.42 Å². The maximum atomic E-state index is 11.9. The minimum atomic E-state index is 0.104. The van der Waals surface area contributed by atoms with Crippen LogP contribution in [0.3, 0.4) is 0 Å². The quantitative estimate of drug-likeness (QED) is 0.360. The van der Waals surface area contributed by atoms with E-state index in [1.54, 1.807) is 4.90 Å². The zero-order valence-corrected chi connectivity index (χ0v) is 11.2. The number of para-hydroxylation sites is 1. The monoisotopic (exact) mass is 342 g/mol. The molecule has 6 heteroatoms. The van der Waals surface area contributed by atoms with Crippen molar-refractivity contribution in [3.8, 4) is 0 Å². The number of rotatable bonds is 3. The molecule has 1 atom stereocenters. The smallest absolute Gasteiger partial charge is 0.227 e. The lowest BCUT2D eigenvalue weighted by atomic mass is 10.1. The number of carbonyl (C=O) groups is 1. The van der Waals surface area contributed by atoms with Gasteiger partial charge in [0.2, 0.25) is 5.91 Å². The van der Waals surface area contributed by atoms with Crippen molar-refractivity contribution in [3.05, 3.63) is 38.3 Å². The highest BCUT2D eigenvalue weighted by molar-refractivity contribution is 14.1. The number of hydrogen-bond donors (Lipinski definition) is 0. The van der Waals surface area contributed by atoms with Crippen LogP contribution in [0.5, 0.6) is 0 Å². The largest absolute Gasteiger partial charge is 0.311 e. The van der Waals surface area contributed by atoms with Crippen LogP contribution in [-0.2, 0) is 4.79 Å². The van der Waals surface area contributed by atoms with Crippen LogP contribution in [0.4, 0.5) is 5.69 Å². The molecule has 1 aliphatic heterocycles. The third-order valence-corrected chi connectivity index (χ3v) is 3.66. The highest BCUT2D eigenvalue weighted by Gasteiger charge is 2.30. The van der Waals surface area contributed by atoms with Gasteiger partial charge in [-0.3, -0.25) is 4.79 Å². The molecular weight excluding hydrogens is 331 g/mol. The lowest BCUT2D eigenvalue weighted by Crippen LogP contribution is -2.25. The summed E-state index contributed by atoms with van der Waals surface area (Å²) < 4.78 is 1.06. The van der Waals surface area contributed by atoms with Crippen LogP contribution >= 0.6 is 22.6 Å². The van der Waals surface area contributed by atoms with Crippen molar-refractivity contribution in [2.75, 3.05) is 18.0 Å². The minimum absolute atomic E-state index is 0.104. The predicted octanol–water partition coefficient (Wildman–Crippen LogP) is 2.95. The molecule has 1 saturated heterocycles. The maximum absolute atomic E-state index is 11.9. The number of hydrogen-bond acceptors (Lipinski definition) is 2. The second kappa shape index (κ2) is 5.37. The van der Waals surface area contributed by atoms with Crippen molar-refractivity contribution in [1.82, 2.24) is 0 Å². The van der Waals surface area contributed by atoms with Gasteiger partial charge in [0, 0.05) is 28.0 Å². The Labute approximate surface area is 113 Å². The molecule has 0 aromatic heterocycles. The average Bonchev–Trinajstić information content (AvgIpc) is 2.68. The molecule has 17 heavy (non-hydrogen) atoms. The van der Waals surface area contributed by atoms with Gasteiger partial charge in [0.1, 0.15) is 0 Å². The van der Waals surface area contributed by atoms with Gasteiger partial charge in [0.15, 0.2) is 0 Å². The van der Waals surface area contributed by atoms with Crippen molar-refractivity contribution in [2.24, 2.45) is 11.0 Å². The fraction of sp³-hybridized carbons (Fsp3) is 0.364. The Morgan fingerprint density at radius 1 is 1.53 bits per heavy atom. The normalized spacial score (nSPS) is 19.2. The Morgan fingerprint density at radius 3 is 3.00 bits per heavy atom. The molecule has 0 aliphatic carbocycles. The van der Waals surface area contributed by atoms with E-state index in [1.807, 2.05) is 24.3 Å². The Hall–Kier alpha value is -1.27. The number of nitrogens with zero attached hydrogens (tertiary/aromatic N) is 4. The molecule has 5 nitrogen and oxygen atoms in total. The van der Waals surface area contributed by atoms with E-state index in [2.05, 4.69) is 32.6 Å². The zero-order valence-electron chi connectivity index (χ0n) is 9.08. The molecule has 1 aliphatic rings. The Balaban J connectivity index is 2.16. The average molecular weight is 342 g/mol. The van der Waals surface area contributed by atoms with Gasteiger partial charge >= 0.3 is 0 Å². The first-order valence-corrected chi connectivity index (χ1v) is 6.36. The van der Waals surface area contributed by atoms with Crippen LogP contribution < -0.4 is 4.90 Å². The fourth-order valence-corrected chi connectivity index (χ4v) is 2.64. The summed E-state index contributed by atoms with van der Waals surface area (Å²) in [7, 11) is 0. The molecule has 0 radical (unpaired) electrons. The van der Waals surface area contributed by atoms with E-state index < -0.39 is 0 Å². The van der Waals surface area contributed by atoms with E-state index in [9.17, 15) is 4.79 Å². The van der Waals surface area contributed by atoms with Crippen molar-refractivity contribution in [2.45, 2.75) is 6.42 Å². The van der Waals surface area contributed by atoms with E-state index in [0.29, 0.717) is 19.5 Å². The highest BCUT2D eigenvalue weighted by atomic mass is 127. The van der Waals surface area contributed by atoms with E-state index in [4.69, 9.17) is 5.53 Å². The molecule has 1 unspecified atom stereocenters. The number of azide groups is 1. The zero-order chi connectivity index (χ0) is 12.3. The van der Waals surface area contributed by atoms with E-state index in [-0.39, 0.29) is 11.8 Å². The molecule has 88 valence electrons. The minimum Gasteiger partial charge on any atom is -0.311 e. The molecule has 1 amide bonds. The van der Waals surface area contributed by atoms with Crippen molar-refractivity contribution < 1.29 is 4.79 Å². The molecular formula is C11H11IN4O. The summed E-state index contributed by atoms with van der Waals surface area (Å²) >= 11 is 2.22. The van der Waals surface area contributed by atoms with Crippen molar-refractivity contribution in [3.63, 3.8) is 0 Å². The van der Waals surface area contributed by atoms with Gasteiger partial charge in [-0.1, -0.05) is 17.2 Å². The van der Waals surface area contributed by atoms with Gasteiger partial charge in [-0.2, -0.15) is 0 Å². The van der Waals surface area contributed by atoms with Crippen molar-refractivity contribution in [1.29, 1.82) is 0 Å². The lowest BCUT2D eigenvalue weighted by Gasteiger charge is -2.17. The number of amides is 1. The summed E-state index contributed by atoms with van der Waals surface area (Å²) in [5, 5.41) is 3.54. The second-order valence-corrected chi connectivity index (χ2v) is 5.10. The Bertz CT molecular complexity index is 484. The molecule has 0 N–H and O–H groups in total. The van der Waals surface area contributed by atoms with Gasteiger partial charge in [-0.25, -0.2) is 0 Å². The second-order valence-electron chi connectivity index (χ2n) is 3.94. The first-order valence-electron chi connectivity index (χ1n) is 5.28. The third kappa shape index (κ3) is 2.70. The van der Waals surface area contributed by atoms with Crippen LogP contribution in [0.2, 0.25) is 0 Å². The summed E-state index contributed by atoms with van der Waals surface area (Å²) in [6.07, 6.45) is 0.462. The van der Waals surface area contributed by atoms with Crippen LogP contribution in [0.15, 0.2) is 29.4 Å². The van der Waals surface area contributed by atoms with E-state index >= 15 is 0 Å². The number of anilines is 1. The molecule has 0 saturated carbocycles. The standard InChI is InChI=1S/C11H11IN4O/c12-9-3-1-2-4-10(9)16-7-8(5-11(16)17)6-14-15-13/h1-4,8H,5-7H2. The lowest BCUT2D eigenvalue weighted by molar-refractivity contribution is -0.117. The molecule has 2 rings (SSSR count). The SMILES string of the molecule is [N-]=[N+]=NCC1CC(=O)N(c2ccccc2I)C1. The number of benzene rings is 1. The molecule has 1 heterocycles. The Morgan fingerprint density at radius 2 is 2.29 bits per heavy atom. The molecule has 0 bridgehead atoms. The van der Waals surface area contributed by atoms with Gasteiger partial charge in [-0.05, 0) is 46.2 Å². The molecule has 1 aromatic carbocycles. The van der Waals surface area contributed by atoms with Gasteiger partial charge in [0.05, 0.1) is 5.69 Å². The summed E-state index contributed by atoms with van der Waals surface area (Å²) in [6, 6.07) is 7.79. The summed E-state index contributed by atoms with van der Waals surface area (Å²) in [6.45, 7) is 1.03. The first kappa shape index (κ1) is 12.2. The maximum Gasteiger partial charge on any atom is 0.227 e. The highest BCUT2D eigenvalue weighted by Crippen LogP contribution is 2.28. The first-order chi connectivity index (χ1) is 8.22. The molecule has 1 fully saturated rings. The summed E-state index contributed by atoms with van der Waals surface area (Å²) in [5.41, 5.74) is 9.22. The number of carbonyl (C=O) groups excluding carboxylic acids is 1. The predicted molar refractivity (Wildman–Crippen MR) is 73.6 cm³/mol. The van der Waals surface area contributed by atoms with Crippen LogP contribution in [-0.4, -0.2) is 19.0 Å².